The lowest BCUT2D eigenvalue weighted by Gasteiger charge is -2.12. The third-order valence-electron chi connectivity index (χ3n) is 4.68. The largest absolute Gasteiger partial charge is 0.496 e. The van der Waals surface area contributed by atoms with Crippen LogP contribution in [0.15, 0.2) is 47.6 Å². The summed E-state index contributed by atoms with van der Waals surface area (Å²) in [6.45, 7) is 0. The molecular weight excluding hydrogens is 507 g/mol. The Morgan fingerprint density at radius 2 is 1.50 bits per heavy atom. The Kier molecular flexibility index (Phi) is 6.04. The van der Waals surface area contributed by atoms with Crippen LogP contribution in [0.5, 0.6) is 11.5 Å². The van der Waals surface area contributed by atoms with E-state index in [2.05, 4.69) is 14.2 Å². The van der Waals surface area contributed by atoms with Crippen LogP contribution in [0, 0.1) is 29.1 Å². The number of nitrogens with zero attached hydrogens (tertiary/aromatic N) is 2. The minimum atomic E-state index is -5.03. The van der Waals surface area contributed by atoms with E-state index < -0.39 is 49.8 Å². The molecule has 3 aromatic carbocycles. The minimum absolute atomic E-state index is 0.0732. The van der Waals surface area contributed by atoms with E-state index in [0.29, 0.717) is 27.4 Å². The summed E-state index contributed by atoms with van der Waals surface area (Å²) >= 11 is 5.97. The van der Waals surface area contributed by atoms with Crippen LogP contribution >= 0.6 is 11.6 Å². The molecule has 0 radical (unpaired) electrons. The second kappa shape index (κ2) is 8.69. The zero-order valence-corrected chi connectivity index (χ0v) is 18.3. The molecule has 13 heteroatoms. The van der Waals surface area contributed by atoms with Crippen LogP contribution in [0.2, 0.25) is 5.02 Å². The Balaban J connectivity index is 1.81. The average molecular weight is 517 g/mol. The molecule has 4 rings (SSSR count). The zero-order chi connectivity index (χ0) is 24.8. The summed E-state index contributed by atoms with van der Waals surface area (Å²) in [5, 5.41) is 0.760. The van der Waals surface area contributed by atoms with Crippen LogP contribution in [0.1, 0.15) is 0 Å². The molecule has 0 saturated carbocycles. The predicted octanol–water partition coefficient (Wildman–Crippen LogP) is 5.42. The lowest BCUT2D eigenvalue weighted by molar-refractivity contribution is 0.346. The third-order valence-corrected chi connectivity index (χ3v) is 6.13. The number of methoxy groups -OCH3 is 1. The fraction of sp³-hybridized carbons (Fsp3) is 0.0476. The summed E-state index contributed by atoms with van der Waals surface area (Å²) in [6, 6.07) is 8.03. The Morgan fingerprint density at radius 1 is 0.853 bits per heavy atom. The smallest absolute Gasteiger partial charge is 0.339 e. The Hall–Kier alpha value is -3.51. The van der Waals surface area contributed by atoms with E-state index in [-0.39, 0.29) is 5.52 Å². The summed E-state index contributed by atoms with van der Waals surface area (Å²) in [5.74, 6) is -13.6. The standard InChI is InChI=1S/C21H10ClF5N2O4S/c1-32-14-6-9(22)2-4-12(14)20-11-5-3-10(7-13(11)28-8-29-20)34(30,31)33-21-18(26)16(24)15(23)17(25)19(21)27/h2-8H,1H3. The van der Waals surface area contributed by atoms with Gasteiger partial charge in [0.05, 0.1) is 18.3 Å². The summed E-state index contributed by atoms with van der Waals surface area (Å²) in [7, 11) is -3.61. The van der Waals surface area contributed by atoms with Crippen LogP contribution in [0.4, 0.5) is 22.0 Å². The van der Waals surface area contributed by atoms with Crippen molar-refractivity contribution in [2.45, 2.75) is 4.90 Å². The highest BCUT2D eigenvalue weighted by atomic mass is 35.5. The van der Waals surface area contributed by atoms with Crippen LogP contribution in [0.25, 0.3) is 22.2 Å². The number of aromatic nitrogens is 2. The van der Waals surface area contributed by atoms with Gasteiger partial charge >= 0.3 is 10.1 Å². The zero-order valence-electron chi connectivity index (χ0n) is 16.7. The molecule has 1 aromatic heterocycles. The maximum Gasteiger partial charge on any atom is 0.339 e. The van der Waals surface area contributed by atoms with Gasteiger partial charge in [-0.3, -0.25) is 0 Å². The number of ether oxygens (including phenoxy) is 1. The second-order valence-corrected chi connectivity index (χ2v) is 8.67. The average Bonchev–Trinajstić information content (AvgIpc) is 2.83. The highest BCUT2D eigenvalue weighted by molar-refractivity contribution is 7.87. The molecule has 0 bridgehead atoms. The van der Waals surface area contributed by atoms with Crippen molar-refractivity contribution in [1.82, 2.24) is 9.97 Å². The number of benzene rings is 3. The van der Waals surface area contributed by atoms with Crippen LogP contribution in [0.3, 0.4) is 0 Å². The second-order valence-electron chi connectivity index (χ2n) is 6.68. The van der Waals surface area contributed by atoms with E-state index in [1.54, 1.807) is 18.2 Å². The van der Waals surface area contributed by atoms with Crippen molar-refractivity contribution in [3.8, 4) is 22.8 Å². The third kappa shape index (κ3) is 3.99. The Morgan fingerprint density at radius 3 is 2.15 bits per heavy atom. The maximum atomic E-state index is 13.9. The predicted molar refractivity (Wildman–Crippen MR) is 111 cm³/mol. The Bertz CT molecular complexity index is 1540. The van der Waals surface area contributed by atoms with E-state index in [4.69, 9.17) is 16.3 Å². The number of rotatable bonds is 5. The van der Waals surface area contributed by atoms with Crippen LogP contribution < -0.4 is 8.92 Å². The van der Waals surface area contributed by atoms with E-state index in [9.17, 15) is 30.4 Å². The molecule has 0 N–H and O–H groups in total. The normalized spacial score (nSPS) is 11.6. The molecular formula is C21H10ClF5N2O4S. The first-order valence-corrected chi connectivity index (χ1v) is 10.9. The minimum Gasteiger partial charge on any atom is -0.496 e. The molecule has 0 atom stereocenters. The lowest BCUT2D eigenvalue weighted by atomic mass is 10.1. The fourth-order valence-corrected chi connectivity index (χ4v) is 4.20. The molecule has 4 aromatic rings. The highest BCUT2D eigenvalue weighted by Gasteiger charge is 2.31. The number of halogens is 6. The number of hydrogen-bond donors (Lipinski definition) is 0. The molecule has 6 nitrogen and oxygen atoms in total. The number of fused-ring (bicyclic) bond motifs is 1. The van der Waals surface area contributed by atoms with Gasteiger partial charge in [-0.15, -0.1) is 0 Å². The maximum absolute atomic E-state index is 13.9. The van der Waals surface area contributed by atoms with E-state index >= 15 is 0 Å². The van der Waals surface area contributed by atoms with Crippen molar-refractivity contribution in [3.63, 3.8) is 0 Å². The van der Waals surface area contributed by atoms with Crippen molar-refractivity contribution >= 4 is 32.6 Å². The molecule has 176 valence electrons. The van der Waals surface area contributed by atoms with E-state index in [1.165, 1.54) is 13.2 Å². The highest BCUT2D eigenvalue weighted by Crippen LogP contribution is 2.36. The molecule has 0 fully saturated rings. The summed E-state index contributed by atoms with van der Waals surface area (Å²) in [6.07, 6.45) is 1.13. The first-order valence-electron chi connectivity index (χ1n) is 9.09. The summed E-state index contributed by atoms with van der Waals surface area (Å²) < 4.78 is 103. The van der Waals surface area contributed by atoms with Gasteiger partial charge in [0.2, 0.25) is 34.8 Å². The van der Waals surface area contributed by atoms with Crippen molar-refractivity contribution < 1.29 is 39.3 Å². The lowest BCUT2D eigenvalue weighted by Crippen LogP contribution is -2.14. The molecule has 0 unspecified atom stereocenters. The molecule has 1 heterocycles. The molecule has 0 aliphatic heterocycles. The van der Waals surface area contributed by atoms with Gasteiger partial charge < -0.3 is 8.92 Å². The van der Waals surface area contributed by atoms with Gasteiger partial charge in [-0.2, -0.15) is 17.2 Å². The Labute approximate surface area is 193 Å². The fourth-order valence-electron chi connectivity index (χ4n) is 3.08. The van der Waals surface area contributed by atoms with Gasteiger partial charge in [-0.05, 0) is 36.4 Å². The van der Waals surface area contributed by atoms with Gasteiger partial charge in [0.25, 0.3) is 0 Å². The van der Waals surface area contributed by atoms with Crippen molar-refractivity contribution in [2.75, 3.05) is 7.11 Å². The molecule has 0 amide bonds. The van der Waals surface area contributed by atoms with Gasteiger partial charge in [0, 0.05) is 16.0 Å². The first-order chi connectivity index (χ1) is 16.0. The first kappa shape index (κ1) is 23.6. The van der Waals surface area contributed by atoms with Crippen LogP contribution in [-0.2, 0) is 10.1 Å². The van der Waals surface area contributed by atoms with E-state index in [0.717, 1.165) is 18.5 Å². The molecule has 34 heavy (non-hydrogen) atoms. The summed E-state index contributed by atoms with van der Waals surface area (Å²) in [5.41, 5.74) is 0.930. The van der Waals surface area contributed by atoms with Gasteiger partial charge in [0.15, 0.2) is 0 Å². The molecule has 0 aliphatic rings. The van der Waals surface area contributed by atoms with E-state index in [1.807, 2.05) is 0 Å². The molecule has 0 saturated heterocycles. The monoisotopic (exact) mass is 516 g/mol. The van der Waals surface area contributed by atoms with Crippen LogP contribution in [-0.4, -0.2) is 25.5 Å². The van der Waals surface area contributed by atoms with Crippen molar-refractivity contribution in [2.24, 2.45) is 0 Å². The van der Waals surface area contributed by atoms with Crippen molar-refractivity contribution in [1.29, 1.82) is 0 Å². The summed E-state index contributed by atoms with van der Waals surface area (Å²) in [4.78, 5) is 7.52. The van der Waals surface area contributed by atoms with Gasteiger partial charge in [-0.25, -0.2) is 23.1 Å². The topological polar surface area (TPSA) is 78.4 Å². The van der Waals surface area contributed by atoms with Gasteiger partial charge in [-0.1, -0.05) is 11.6 Å². The van der Waals surface area contributed by atoms with Gasteiger partial charge in [0.1, 0.15) is 17.0 Å². The molecule has 0 spiro atoms. The van der Waals surface area contributed by atoms with Crippen molar-refractivity contribution in [3.05, 3.63) is 76.8 Å². The SMILES string of the molecule is COc1cc(Cl)ccc1-c1ncnc2cc(S(=O)(=O)Oc3c(F)c(F)c(F)c(F)c3F)ccc12. The molecule has 0 aliphatic carbocycles. The number of hydrogen-bond acceptors (Lipinski definition) is 6. The quantitative estimate of drug-likeness (QED) is 0.152.